The summed E-state index contributed by atoms with van der Waals surface area (Å²) in [5.41, 5.74) is 5.97. The van der Waals surface area contributed by atoms with Crippen molar-refractivity contribution >= 4 is 17.2 Å². The van der Waals surface area contributed by atoms with Crippen molar-refractivity contribution in [1.82, 2.24) is 4.98 Å². The number of aromatic nitrogens is 1. The molecule has 0 atom stereocenters. The molecule has 5 heteroatoms. The number of hydrogen-bond donors (Lipinski definition) is 1. The van der Waals surface area contributed by atoms with Gasteiger partial charge in [-0.25, -0.2) is 9.37 Å². The molecule has 0 radical (unpaired) electrons. The first-order chi connectivity index (χ1) is 8.22. The zero-order chi connectivity index (χ0) is 12.3. The quantitative estimate of drug-likeness (QED) is 0.907. The number of rotatable bonds is 4. The molecule has 0 spiro atoms. The second kappa shape index (κ2) is 5.25. The number of nitrogens with two attached hydrogens (primary N) is 1. The number of nitrogens with zero attached hydrogens (tertiary/aromatic N) is 2. The van der Waals surface area contributed by atoms with E-state index in [0.29, 0.717) is 17.9 Å². The monoisotopic (exact) mass is 251 g/mol. The van der Waals surface area contributed by atoms with Crippen LogP contribution in [0.1, 0.15) is 10.4 Å². The van der Waals surface area contributed by atoms with E-state index < -0.39 is 0 Å². The summed E-state index contributed by atoms with van der Waals surface area (Å²) < 4.78 is 14.0. The van der Waals surface area contributed by atoms with Crippen LogP contribution in [-0.4, -0.2) is 12.0 Å². The molecule has 2 aromatic heterocycles. The molecule has 2 N–H and O–H groups in total. The molecule has 0 saturated carbocycles. The van der Waals surface area contributed by atoms with Gasteiger partial charge >= 0.3 is 0 Å². The predicted octanol–water partition coefficient (Wildman–Crippen LogP) is 2.38. The fraction of sp³-hybridized carbons (Fsp3) is 0.250. The van der Waals surface area contributed by atoms with Gasteiger partial charge in [-0.2, -0.15) is 0 Å². The maximum atomic E-state index is 14.0. The first kappa shape index (κ1) is 12.0. The summed E-state index contributed by atoms with van der Waals surface area (Å²) in [4.78, 5) is 7.03. The summed E-state index contributed by atoms with van der Waals surface area (Å²) in [7, 11) is 1.82. The summed E-state index contributed by atoms with van der Waals surface area (Å²) in [6.07, 6.45) is 1.59. The SMILES string of the molecule is CN(Cc1cccs1)c1nccc(CN)c1F. The topological polar surface area (TPSA) is 42.2 Å². The van der Waals surface area contributed by atoms with Crippen LogP contribution in [0, 0.1) is 5.82 Å². The van der Waals surface area contributed by atoms with Gasteiger partial charge in [0.1, 0.15) is 0 Å². The Hall–Kier alpha value is -1.46. The zero-order valence-electron chi connectivity index (χ0n) is 9.56. The fourth-order valence-electron chi connectivity index (χ4n) is 1.61. The molecule has 0 amide bonds. The Balaban J connectivity index is 2.22. The molecule has 0 fully saturated rings. The molecule has 2 aromatic rings. The van der Waals surface area contributed by atoms with Gasteiger partial charge in [0, 0.05) is 30.2 Å². The number of hydrogen-bond acceptors (Lipinski definition) is 4. The van der Waals surface area contributed by atoms with E-state index in [1.54, 1.807) is 28.5 Å². The number of halogens is 1. The van der Waals surface area contributed by atoms with Crippen LogP contribution in [0.25, 0.3) is 0 Å². The molecule has 0 bridgehead atoms. The van der Waals surface area contributed by atoms with E-state index in [2.05, 4.69) is 4.98 Å². The summed E-state index contributed by atoms with van der Waals surface area (Å²) in [5, 5.41) is 2.00. The van der Waals surface area contributed by atoms with Gasteiger partial charge < -0.3 is 10.6 Å². The van der Waals surface area contributed by atoms with Gasteiger partial charge in [-0.05, 0) is 17.5 Å². The van der Waals surface area contributed by atoms with E-state index in [1.165, 1.54) is 4.88 Å². The van der Waals surface area contributed by atoms with Crippen LogP contribution >= 0.6 is 11.3 Å². The van der Waals surface area contributed by atoms with Crippen LogP contribution in [0.4, 0.5) is 10.2 Å². The van der Waals surface area contributed by atoms with E-state index in [4.69, 9.17) is 5.73 Å². The highest BCUT2D eigenvalue weighted by atomic mass is 32.1. The maximum absolute atomic E-state index is 14.0. The van der Waals surface area contributed by atoms with Crippen LogP contribution in [0.2, 0.25) is 0 Å². The zero-order valence-corrected chi connectivity index (χ0v) is 10.4. The molecule has 90 valence electrons. The van der Waals surface area contributed by atoms with Crippen molar-refractivity contribution in [2.24, 2.45) is 5.73 Å². The lowest BCUT2D eigenvalue weighted by Gasteiger charge is -2.18. The lowest BCUT2D eigenvalue weighted by Crippen LogP contribution is -2.19. The Morgan fingerprint density at radius 2 is 2.29 bits per heavy atom. The first-order valence-corrected chi connectivity index (χ1v) is 6.17. The van der Waals surface area contributed by atoms with Crippen molar-refractivity contribution in [2.75, 3.05) is 11.9 Å². The normalized spacial score (nSPS) is 10.5. The molecule has 0 aromatic carbocycles. The summed E-state index contributed by atoms with van der Waals surface area (Å²) >= 11 is 1.65. The van der Waals surface area contributed by atoms with E-state index in [1.807, 2.05) is 24.6 Å². The third-order valence-corrected chi connectivity index (χ3v) is 3.37. The molecule has 0 saturated heterocycles. The van der Waals surface area contributed by atoms with Crippen LogP contribution in [0.3, 0.4) is 0 Å². The van der Waals surface area contributed by atoms with Crippen molar-refractivity contribution in [3.05, 3.63) is 46.0 Å². The number of pyridine rings is 1. The lowest BCUT2D eigenvalue weighted by molar-refractivity contribution is 0.598. The molecule has 2 rings (SSSR count). The van der Waals surface area contributed by atoms with Crippen LogP contribution in [0.15, 0.2) is 29.8 Å². The van der Waals surface area contributed by atoms with E-state index in [-0.39, 0.29) is 12.4 Å². The largest absolute Gasteiger partial charge is 0.352 e. The summed E-state index contributed by atoms with van der Waals surface area (Å²) in [6.45, 7) is 0.837. The van der Waals surface area contributed by atoms with Gasteiger partial charge in [-0.3, -0.25) is 0 Å². The van der Waals surface area contributed by atoms with Crippen molar-refractivity contribution in [3.63, 3.8) is 0 Å². The second-order valence-electron chi connectivity index (χ2n) is 3.75. The van der Waals surface area contributed by atoms with Crippen LogP contribution in [0.5, 0.6) is 0 Å². The highest BCUT2D eigenvalue weighted by molar-refractivity contribution is 7.09. The van der Waals surface area contributed by atoms with Crippen molar-refractivity contribution < 1.29 is 4.39 Å². The van der Waals surface area contributed by atoms with Gasteiger partial charge in [0.05, 0.1) is 6.54 Å². The Kier molecular flexibility index (Phi) is 3.71. The van der Waals surface area contributed by atoms with E-state index in [0.717, 1.165) is 0 Å². The van der Waals surface area contributed by atoms with E-state index >= 15 is 0 Å². The van der Waals surface area contributed by atoms with Gasteiger partial charge in [0.2, 0.25) is 0 Å². The van der Waals surface area contributed by atoms with Crippen molar-refractivity contribution in [3.8, 4) is 0 Å². The van der Waals surface area contributed by atoms with Gasteiger partial charge in [0.25, 0.3) is 0 Å². The molecule has 0 unspecified atom stereocenters. The minimum atomic E-state index is -0.325. The molecule has 0 aliphatic heterocycles. The highest BCUT2D eigenvalue weighted by Crippen LogP contribution is 2.21. The standard InChI is InChI=1S/C12H14FN3S/c1-16(8-10-3-2-6-17-10)12-11(13)9(7-14)4-5-15-12/h2-6H,7-8,14H2,1H3. The van der Waals surface area contributed by atoms with Crippen molar-refractivity contribution in [1.29, 1.82) is 0 Å². The minimum absolute atomic E-state index is 0.189. The molecule has 0 aliphatic carbocycles. The average Bonchev–Trinajstić information content (AvgIpc) is 2.82. The van der Waals surface area contributed by atoms with Crippen molar-refractivity contribution in [2.45, 2.75) is 13.1 Å². The second-order valence-corrected chi connectivity index (χ2v) is 4.78. The Labute approximate surface area is 104 Å². The maximum Gasteiger partial charge on any atom is 0.170 e. The Morgan fingerprint density at radius 3 is 2.94 bits per heavy atom. The summed E-state index contributed by atoms with van der Waals surface area (Å²) in [6, 6.07) is 5.61. The molecular formula is C12H14FN3S. The predicted molar refractivity (Wildman–Crippen MR) is 68.5 cm³/mol. The number of thiophene rings is 1. The molecule has 2 heterocycles. The van der Waals surface area contributed by atoms with Gasteiger partial charge in [0.15, 0.2) is 11.6 Å². The molecular weight excluding hydrogens is 237 g/mol. The van der Waals surface area contributed by atoms with Crippen LogP contribution in [-0.2, 0) is 13.1 Å². The summed E-state index contributed by atoms with van der Waals surface area (Å²) in [5.74, 6) is 0.0235. The average molecular weight is 251 g/mol. The Bertz CT molecular complexity index is 485. The smallest absolute Gasteiger partial charge is 0.170 e. The van der Waals surface area contributed by atoms with Gasteiger partial charge in [-0.15, -0.1) is 11.3 Å². The van der Waals surface area contributed by atoms with Crippen LogP contribution < -0.4 is 10.6 Å². The fourth-order valence-corrected chi connectivity index (χ4v) is 2.36. The highest BCUT2D eigenvalue weighted by Gasteiger charge is 2.13. The molecule has 0 aliphatic rings. The molecule has 17 heavy (non-hydrogen) atoms. The first-order valence-electron chi connectivity index (χ1n) is 5.29. The third kappa shape index (κ3) is 2.62. The van der Waals surface area contributed by atoms with E-state index in [9.17, 15) is 4.39 Å². The molecule has 3 nitrogen and oxygen atoms in total. The minimum Gasteiger partial charge on any atom is -0.352 e. The third-order valence-electron chi connectivity index (χ3n) is 2.51. The lowest BCUT2D eigenvalue weighted by atomic mass is 10.2. The number of anilines is 1. The van der Waals surface area contributed by atoms with Gasteiger partial charge in [-0.1, -0.05) is 6.07 Å². The Morgan fingerprint density at radius 1 is 1.47 bits per heavy atom.